The number of halogens is 1. The van der Waals surface area contributed by atoms with Crippen molar-refractivity contribution in [3.05, 3.63) is 65.2 Å². The van der Waals surface area contributed by atoms with E-state index in [0.29, 0.717) is 23.4 Å². The van der Waals surface area contributed by atoms with Crippen LogP contribution in [0, 0.1) is 0 Å². The van der Waals surface area contributed by atoms with Crippen LogP contribution in [-0.4, -0.2) is 47.0 Å². The second-order valence-electron chi connectivity index (χ2n) is 7.14. The number of hydrogen-bond acceptors (Lipinski definition) is 4. The standard InChI is InChI=1S/C22H24N2O2S.BrH/c25-21-19-9-2-3-10-20(19)22(26)24(21)13-14-27-18-8-6-7-17(15-18)16-23-11-4-1-5-12-23;/h2-3,6-10,15H,1,4-5,11-14,16H2;1H. The van der Waals surface area contributed by atoms with Crippen molar-refractivity contribution in [2.75, 3.05) is 25.4 Å². The average molecular weight is 461 g/mol. The summed E-state index contributed by atoms with van der Waals surface area (Å²) in [7, 11) is 0. The van der Waals surface area contributed by atoms with E-state index in [1.165, 1.54) is 47.7 Å². The van der Waals surface area contributed by atoms with Crippen molar-refractivity contribution >= 4 is 40.6 Å². The van der Waals surface area contributed by atoms with Crippen molar-refractivity contribution in [3.8, 4) is 0 Å². The molecule has 0 N–H and O–H groups in total. The fourth-order valence-electron chi connectivity index (χ4n) is 3.81. The van der Waals surface area contributed by atoms with Gasteiger partial charge < -0.3 is 0 Å². The fraction of sp³-hybridized carbons (Fsp3) is 0.364. The van der Waals surface area contributed by atoms with Gasteiger partial charge in [0, 0.05) is 23.7 Å². The Kier molecular flexibility index (Phi) is 7.32. The minimum absolute atomic E-state index is 0. The molecule has 0 unspecified atom stereocenters. The molecule has 2 heterocycles. The molecule has 148 valence electrons. The molecular formula is C22H25BrN2O2S. The normalized spacial score (nSPS) is 16.8. The maximum Gasteiger partial charge on any atom is 0.261 e. The lowest BCUT2D eigenvalue weighted by atomic mass is 10.1. The predicted octanol–water partition coefficient (Wildman–Crippen LogP) is 4.64. The van der Waals surface area contributed by atoms with Gasteiger partial charge in [-0.05, 0) is 55.8 Å². The van der Waals surface area contributed by atoms with Gasteiger partial charge in [-0.15, -0.1) is 28.7 Å². The number of carbonyl (C=O) groups is 2. The third-order valence-corrected chi connectivity index (χ3v) is 6.19. The smallest absolute Gasteiger partial charge is 0.261 e. The highest BCUT2D eigenvalue weighted by molar-refractivity contribution is 8.93. The van der Waals surface area contributed by atoms with E-state index >= 15 is 0 Å². The molecule has 0 aliphatic carbocycles. The number of carbonyl (C=O) groups excluding carboxylic acids is 2. The zero-order chi connectivity index (χ0) is 18.6. The molecule has 1 saturated heterocycles. The van der Waals surface area contributed by atoms with Crippen molar-refractivity contribution in [2.45, 2.75) is 30.7 Å². The largest absolute Gasteiger partial charge is 0.299 e. The first kappa shape index (κ1) is 21.1. The number of amides is 2. The lowest BCUT2D eigenvalue weighted by molar-refractivity contribution is 0.0664. The van der Waals surface area contributed by atoms with E-state index in [1.807, 2.05) is 0 Å². The molecule has 0 radical (unpaired) electrons. The fourth-order valence-corrected chi connectivity index (χ4v) is 4.73. The highest BCUT2D eigenvalue weighted by atomic mass is 79.9. The van der Waals surface area contributed by atoms with Gasteiger partial charge in [0.15, 0.2) is 0 Å². The van der Waals surface area contributed by atoms with E-state index in [1.54, 1.807) is 36.0 Å². The minimum atomic E-state index is -0.171. The highest BCUT2D eigenvalue weighted by Crippen LogP contribution is 2.25. The number of benzene rings is 2. The minimum Gasteiger partial charge on any atom is -0.299 e. The molecule has 6 heteroatoms. The Morgan fingerprint density at radius 3 is 2.21 bits per heavy atom. The Morgan fingerprint density at radius 2 is 1.54 bits per heavy atom. The first-order valence-electron chi connectivity index (χ1n) is 9.62. The van der Waals surface area contributed by atoms with Crippen LogP contribution in [0.15, 0.2) is 53.4 Å². The van der Waals surface area contributed by atoms with Crippen molar-refractivity contribution in [3.63, 3.8) is 0 Å². The number of fused-ring (bicyclic) bond motifs is 1. The van der Waals surface area contributed by atoms with Crippen LogP contribution in [-0.2, 0) is 6.54 Å². The molecule has 2 aromatic carbocycles. The number of hydrogen-bond donors (Lipinski definition) is 0. The van der Waals surface area contributed by atoms with E-state index in [4.69, 9.17) is 0 Å². The Bertz CT molecular complexity index is 817. The van der Waals surface area contributed by atoms with Crippen LogP contribution in [0.2, 0.25) is 0 Å². The topological polar surface area (TPSA) is 40.6 Å². The molecule has 0 saturated carbocycles. The van der Waals surface area contributed by atoms with Crippen LogP contribution < -0.4 is 0 Å². The summed E-state index contributed by atoms with van der Waals surface area (Å²) in [5, 5.41) is 0. The molecule has 4 rings (SSSR count). The van der Waals surface area contributed by atoms with Crippen LogP contribution in [0.1, 0.15) is 45.5 Å². The summed E-state index contributed by atoms with van der Waals surface area (Å²) >= 11 is 1.70. The van der Waals surface area contributed by atoms with Crippen LogP contribution in [0.25, 0.3) is 0 Å². The second kappa shape index (κ2) is 9.72. The van der Waals surface area contributed by atoms with E-state index in [0.717, 1.165) is 6.54 Å². The first-order valence-corrected chi connectivity index (χ1v) is 10.6. The zero-order valence-corrected chi connectivity index (χ0v) is 18.3. The molecule has 1 fully saturated rings. The summed E-state index contributed by atoms with van der Waals surface area (Å²) in [6, 6.07) is 15.7. The Morgan fingerprint density at radius 1 is 0.857 bits per heavy atom. The molecule has 2 aromatic rings. The molecule has 0 atom stereocenters. The summed E-state index contributed by atoms with van der Waals surface area (Å²) in [6.07, 6.45) is 3.95. The van der Waals surface area contributed by atoms with Crippen LogP contribution in [0.5, 0.6) is 0 Å². The molecule has 2 amide bonds. The molecule has 4 nitrogen and oxygen atoms in total. The quantitative estimate of drug-likeness (QED) is 0.464. The molecule has 2 aliphatic heterocycles. The van der Waals surface area contributed by atoms with Crippen molar-refractivity contribution < 1.29 is 9.59 Å². The Labute approximate surface area is 181 Å². The number of imide groups is 1. The van der Waals surface area contributed by atoms with Gasteiger partial charge in [-0.2, -0.15) is 0 Å². The Hall–Kier alpha value is -1.63. The lowest BCUT2D eigenvalue weighted by Gasteiger charge is -2.26. The van der Waals surface area contributed by atoms with Gasteiger partial charge in [-0.3, -0.25) is 19.4 Å². The Balaban J connectivity index is 0.00000225. The highest BCUT2D eigenvalue weighted by Gasteiger charge is 2.34. The lowest BCUT2D eigenvalue weighted by Crippen LogP contribution is -2.31. The van der Waals surface area contributed by atoms with Gasteiger partial charge in [0.2, 0.25) is 0 Å². The van der Waals surface area contributed by atoms with Crippen LogP contribution >= 0.6 is 28.7 Å². The number of likely N-dealkylation sites (tertiary alicyclic amines) is 1. The average Bonchev–Trinajstić information content (AvgIpc) is 2.94. The molecular weight excluding hydrogens is 436 g/mol. The van der Waals surface area contributed by atoms with Gasteiger partial charge in [-0.1, -0.05) is 30.7 Å². The van der Waals surface area contributed by atoms with E-state index in [2.05, 4.69) is 29.2 Å². The van der Waals surface area contributed by atoms with Crippen LogP contribution in [0.3, 0.4) is 0 Å². The van der Waals surface area contributed by atoms with Gasteiger partial charge in [0.25, 0.3) is 11.8 Å². The second-order valence-corrected chi connectivity index (χ2v) is 8.31. The van der Waals surface area contributed by atoms with Gasteiger partial charge >= 0.3 is 0 Å². The summed E-state index contributed by atoms with van der Waals surface area (Å²) in [6.45, 7) is 3.83. The monoisotopic (exact) mass is 460 g/mol. The van der Waals surface area contributed by atoms with E-state index in [-0.39, 0.29) is 28.8 Å². The predicted molar refractivity (Wildman–Crippen MR) is 118 cm³/mol. The number of piperidine rings is 1. The van der Waals surface area contributed by atoms with E-state index < -0.39 is 0 Å². The molecule has 0 aromatic heterocycles. The number of nitrogens with zero attached hydrogens (tertiary/aromatic N) is 2. The van der Waals surface area contributed by atoms with Crippen LogP contribution in [0.4, 0.5) is 0 Å². The molecule has 2 aliphatic rings. The van der Waals surface area contributed by atoms with Gasteiger partial charge in [-0.25, -0.2) is 0 Å². The molecule has 0 spiro atoms. The number of thioether (sulfide) groups is 1. The van der Waals surface area contributed by atoms with Gasteiger partial charge in [0.1, 0.15) is 0 Å². The molecule has 28 heavy (non-hydrogen) atoms. The summed E-state index contributed by atoms with van der Waals surface area (Å²) < 4.78 is 0. The maximum atomic E-state index is 12.4. The third-order valence-electron chi connectivity index (χ3n) is 5.22. The zero-order valence-electron chi connectivity index (χ0n) is 15.8. The molecule has 0 bridgehead atoms. The van der Waals surface area contributed by atoms with Crippen molar-refractivity contribution in [1.29, 1.82) is 0 Å². The number of rotatable bonds is 6. The maximum absolute atomic E-state index is 12.4. The summed E-state index contributed by atoms with van der Waals surface area (Å²) in [4.78, 5) is 29.9. The third kappa shape index (κ3) is 4.67. The van der Waals surface area contributed by atoms with E-state index in [9.17, 15) is 9.59 Å². The summed E-state index contributed by atoms with van der Waals surface area (Å²) in [5.41, 5.74) is 2.38. The van der Waals surface area contributed by atoms with Gasteiger partial charge in [0.05, 0.1) is 11.1 Å². The van der Waals surface area contributed by atoms with Crippen molar-refractivity contribution in [1.82, 2.24) is 9.80 Å². The SMILES string of the molecule is Br.O=C1c2ccccc2C(=O)N1CCSc1cccc(CN2CCCCC2)c1. The summed E-state index contributed by atoms with van der Waals surface area (Å²) in [5.74, 6) is 0.364. The first-order chi connectivity index (χ1) is 13.2. The van der Waals surface area contributed by atoms with Crippen molar-refractivity contribution in [2.24, 2.45) is 0 Å².